The molecule has 2 aliphatic rings. The molecule has 3 rings (SSSR count). The molecule has 2 heterocycles. The topological polar surface area (TPSA) is 78.0 Å². The molecule has 1 fully saturated rings. The number of hydrogen-bond donors (Lipinski definition) is 0. The van der Waals surface area contributed by atoms with Crippen LogP contribution in [0, 0.1) is 5.92 Å². The highest BCUT2D eigenvalue weighted by Crippen LogP contribution is 2.39. The predicted octanol–water partition coefficient (Wildman–Crippen LogP) is 3.02. The van der Waals surface area contributed by atoms with E-state index < -0.39 is 10.0 Å². The molecule has 0 spiro atoms. The predicted molar refractivity (Wildman–Crippen MR) is 120 cm³/mol. The van der Waals surface area contributed by atoms with Gasteiger partial charge in [0.1, 0.15) is 4.90 Å². The van der Waals surface area contributed by atoms with Gasteiger partial charge in [0.05, 0.1) is 5.69 Å². The molecular formula is C21H30BrN3O4S. The number of sulfonamides is 1. The van der Waals surface area contributed by atoms with Crippen LogP contribution in [0.1, 0.15) is 45.6 Å². The minimum Gasteiger partial charge on any atom is -0.343 e. The largest absolute Gasteiger partial charge is 0.343 e. The standard InChI is InChI=1S/C21H30BrN3O4S/c1-4-19(26)25-12-9-16-13-17(22)14-18(20(16)25)30(28,29)24-10-7-15(8-11-24)21(27)23(5-2)6-3/h13-15H,4-12H2,1-3H3. The van der Waals surface area contributed by atoms with Crippen LogP contribution in [0.25, 0.3) is 0 Å². The van der Waals surface area contributed by atoms with Crippen molar-refractivity contribution in [3.8, 4) is 0 Å². The molecule has 0 atom stereocenters. The van der Waals surface area contributed by atoms with Gasteiger partial charge in [-0.25, -0.2) is 8.42 Å². The number of carbonyl (C=O) groups excluding carboxylic acids is 2. The first-order chi connectivity index (χ1) is 14.2. The van der Waals surface area contributed by atoms with Crippen LogP contribution < -0.4 is 4.90 Å². The number of amides is 2. The molecule has 7 nitrogen and oxygen atoms in total. The van der Waals surface area contributed by atoms with Gasteiger partial charge in [0.15, 0.2) is 0 Å². The molecule has 1 saturated heterocycles. The Morgan fingerprint density at radius 3 is 2.30 bits per heavy atom. The van der Waals surface area contributed by atoms with Crippen molar-refractivity contribution in [3.05, 3.63) is 22.2 Å². The highest BCUT2D eigenvalue weighted by molar-refractivity contribution is 9.10. The zero-order valence-electron chi connectivity index (χ0n) is 17.9. The van der Waals surface area contributed by atoms with Gasteiger partial charge in [0.25, 0.3) is 0 Å². The third-order valence-electron chi connectivity index (χ3n) is 6.09. The maximum atomic E-state index is 13.6. The minimum atomic E-state index is -3.78. The summed E-state index contributed by atoms with van der Waals surface area (Å²) in [5.74, 6) is -0.0982. The number of fused-ring (bicyclic) bond motifs is 1. The van der Waals surface area contributed by atoms with E-state index in [4.69, 9.17) is 0 Å². The molecule has 0 saturated carbocycles. The lowest BCUT2D eigenvalue weighted by molar-refractivity contribution is -0.136. The van der Waals surface area contributed by atoms with Crippen LogP contribution in [0.3, 0.4) is 0 Å². The molecule has 1 aromatic carbocycles. The van der Waals surface area contributed by atoms with Crippen molar-refractivity contribution < 1.29 is 18.0 Å². The number of hydrogen-bond acceptors (Lipinski definition) is 4. The number of rotatable bonds is 6. The van der Waals surface area contributed by atoms with Crippen molar-refractivity contribution in [1.29, 1.82) is 0 Å². The second kappa shape index (κ2) is 9.36. The monoisotopic (exact) mass is 499 g/mol. The van der Waals surface area contributed by atoms with E-state index in [1.165, 1.54) is 4.31 Å². The number of piperidine rings is 1. The summed E-state index contributed by atoms with van der Waals surface area (Å²) in [4.78, 5) is 28.7. The van der Waals surface area contributed by atoms with Crippen LogP contribution in [-0.4, -0.2) is 62.2 Å². The first-order valence-electron chi connectivity index (χ1n) is 10.7. The van der Waals surface area contributed by atoms with Crippen molar-refractivity contribution in [2.45, 2.75) is 51.3 Å². The van der Waals surface area contributed by atoms with E-state index in [9.17, 15) is 18.0 Å². The van der Waals surface area contributed by atoms with Gasteiger partial charge in [-0.1, -0.05) is 22.9 Å². The lowest BCUT2D eigenvalue weighted by Crippen LogP contribution is -2.44. The van der Waals surface area contributed by atoms with Crippen molar-refractivity contribution in [2.24, 2.45) is 5.92 Å². The van der Waals surface area contributed by atoms with E-state index in [1.54, 1.807) is 17.9 Å². The Morgan fingerprint density at radius 2 is 1.73 bits per heavy atom. The van der Waals surface area contributed by atoms with Gasteiger partial charge in [-0.15, -0.1) is 0 Å². The average molecular weight is 500 g/mol. The van der Waals surface area contributed by atoms with E-state index in [0.717, 1.165) is 5.56 Å². The SMILES string of the molecule is CCC(=O)N1CCc2cc(Br)cc(S(=O)(=O)N3CCC(C(=O)N(CC)CC)CC3)c21. The summed E-state index contributed by atoms with van der Waals surface area (Å²) in [6, 6.07) is 3.49. The highest BCUT2D eigenvalue weighted by atomic mass is 79.9. The molecule has 30 heavy (non-hydrogen) atoms. The summed E-state index contributed by atoms with van der Waals surface area (Å²) >= 11 is 3.43. The fourth-order valence-corrected chi connectivity index (χ4v) is 6.77. The number of benzene rings is 1. The van der Waals surface area contributed by atoms with Gasteiger partial charge >= 0.3 is 0 Å². The third-order valence-corrected chi connectivity index (χ3v) is 8.46. The van der Waals surface area contributed by atoms with E-state index in [-0.39, 0.29) is 22.6 Å². The third kappa shape index (κ3) is 4.29. The second-order valence-corrected chi connectivity index (χ2v) is 10.6. The van der Waals surface area contributed by atoms with Crippen molar-refractivity contribution in [1.82, 2.24) is 9.21 Å². The second-order valence-electron chi connectivity index (χ2n) is 7.75. The molecule has 0 bridgehead atoms. The smallest absolute Gasteiger partial charge is 0.245 e. The molecule has 0 aromatic heterocycles. The van der Waals surface area contributed by atoms with Crippen LogP contribution in [0.4, 0.5) is 5.69 Å². The summed E-state index contributed by atoms with van der Waals surface area (Å²) in [6.07, 6.45) is 2.00. The maximum Gasteiger partial charge on any atom is 0.245 e. The van der Waals surface area contributed by atoms with E-state index >= 15 is 0 Å². The molecule has 1 aromatic rings. The summed E-state index contributed by atoms with van der Waals surface area (Å²) in [5, 5.41) is 0. The van der Waals surface area contributed by atoms with Gasteiger partial charge in [-0.05, 0) is 50.8 Å². The first-order valence-corrected chi connectivity index (χ1v) is 12.9. The molecule has 166 valence electrons. The lowest BCUT2D eigenvalue weighted by atomic mass is 9.96. The Bertz CT molecular complexity index is 922. The van der Waals surface area contributed by atoms with E-state index in [2.05, 4.69) is 15.9 Å². The normalized spacial score (nSPS) is 17.8. The fourth-order valence-electron chi connectivity index (χ4n) is 4.38. The molecule has 0 N–H and O–H groups in total. The summed E-state index contributed by atoms with van der Waals surface area (Å²) in [6.45, 7) is 8.15. The molecule has 0 aliphatic carbocycles. The number of carbonyl (C=O) groups is 2. The van der Waals surface area contributed by atoms with Gasteiger partial charge in [-0.2, -0.15) is 4.31 Å². The van der Waals surface area contributed by atoms with Crippen LogP contribution in [0.5, 0.6) is 0 Å². The van der Waals surface area contributed by atoms with Crippen LogP contribution in [-0.2, 0) is 26.0 Å². The molecule has 0 radical (unpaired) electrons. The Balaban J connectivity index is 1.86. The summed E-state index contributed by atoms with van der Waals surface area (Å²) < 4.78 is 29.3. The quantitative estimate of drug-likeness (QED) is 0.602. The van der Waals surface area contributed by atoms with Crippen LogP contribution in [0.15, 0.2) is 21.5 Å². The van der Waals surface area contributed by atoms with Gasteiger partial charge in [0.2, 0.25) is 21.8 Å². The Kier molecular flexibility index (Phi) is 7.24. The van der Waals surface area contributed by atoms with E-state index in [0.29, 0.717) is 68.6 Å². The Hall–Kier alpha value is -1.45. The van der Waals surface area contributed by atoms with Gasteiger partial charge < -0.3 is 9.80 Å². The van der Waals surface area contributed by atoms with Crippen molar-refractivity contribution in [2.75, 3.05) is 37.6 Å². The van der Waals surface area contributed by atoms with Gasteiger partial charge in [-0.3, -0.25) is 9.59 Å². The first kappa shape index (κ1) is 23.2. The summed E-state index contributed by atoms with van der Waals surface area (Å²) in [5.41, 5.74) is 1.39. The zero-order valence-corrected chi connectivity index (χ0v) is 20.3. The molecule has 0 unspecified atom stereocenters. The van der Waals surface area contributed by atoms with Crippen molar-refractivity contribution in [3.63, 3.8) is 0 Å². The van der Waals surface area contributed by atoms with Crippen LogP contribution >= 0.6 is 15.9 Å². The van der Waals surface area contributed by atoms with Crippen LogP contribution in [0.2, 0.25) is 0 Å². The van der Waals surface area contributed by atoms with E-state index in [1.807, 2.05) is 24.8 Å². The average Bonchev–Trinajstić information content (AvgIpc) is 3.17. The maximum absolute atomic E-state index is 13.6. The molecule has 2 amide bonds. The Morgan fingerprint density at radius 1 is 1.10 bits per heavy atom. The van der Waals surface area contributed by atoms with Gasteiger partial charge in [0, 0.05) is 49.5 Å². The molecular weight excluding hydrogens is 470 g/mol. The zero-order chi connectivity index (χ0) is 22.1. The Labute approximate surface area is 187 Å². The summed E-state index contributed by atoms with van der Waals surface area (Å²) in [7, 11) is -3.78. The minimum absolute atomic E-state index is 0.0731. The molecule has 2 aliphatic heterocycles. The number of nitrogens with zero attached hydrogens (tertiary/aromatic N) is 3. The fraction of sp³-hybridized carbons (Fsp3) is 0.619. The van der Waals surface area contributed by atoms with Crippen molar-refractivity contribution >= 4 is 43.5 Å². The number of halogens is 1. The highest BCUT2D eigenvalue weighted by Gasteiger charge is 2.38. The lowest BCUT2D eigenvalue weighted by Gasteiger charge is -2.33. The molecule has 9 heteroatoms. The number of anilines is 1.